The molecule has 1 N–H and O–H groups in total. The van der Waals surface area contributed by atoms with Crippen LogP contribution in [-0.2, 0) is 11.2 Å². The molecule has 0 bridgehead atoms. The Balaban J connectivity index is 1.62. The van der Waals surface area contributed by atoms with Crippen molar-refractivity contribution in [1.29, 1.82) is 0 Å². The summed E-state index contributed by atoms with van der Waals surface area (Å²) in [5.41, 5.74) is 2.57. The van der Waals surface area contributed by atoms with Crippen LogP contribution in [0.2, 0.25) is 0 Å². The number of carbonyl (C=O) groups is 1. The molecule has 0 aromatic heterocycles. The van der Waals surface area contributed by atoms with E-state index in [1.54, 1.807) is 0 Å². The molecule has 22 heavy (non-hydrogen) atoms. The maximum atomic E-state index is 11.7. The monoisotopic (exact) mass is 361 g/mol. The van der Waals surface area contributed by atoms with E-state index in [2.05, 4.69) is 52.4 Å². The molecule has 0 aliphatic carbocycles. The van der Waals surface area contributed by atoms with Crippen molar-refractivity contribution in [3.05, 3.63) is 64.1 Å². The van der Waals surface area contributed by atoms with Crippen LogP contribution >= 0.6 is 15.9 Å². The van der Waals surface area contributed by atoms with Crippen LogP contribution in [0.25, 0.3) is 0 Å². The zero-order chi connectivity index (χ0) is 15.8. The summed E-state index contributed by atoms with van der Waals surface area (Å²) in [7, 11) is 0. The molecule has 4 heteroatoms. The molecule has 0 saturated carbocycles. The Labute approximate surface area is 139 Å². The highest BCUT2D eigenvalue weighted by Crippen LogP contribution is 2.15. The van der Waals surface area contributed by atoms with Gasteiger partial charge in [0, 0.05) is 11.0 Å². The average molecular weight is 362 g/mol. The van der Waals surface area contributed by atoms with E-state index in [1.807, 2.05) is 24.3 Å². The first kappa shape index (κ1) is 16.6. The van der Waals surface area contributed by atoms with Gasteiger partial charge in [-0.2, -0.15) is 0 Å². The highest BCUT2D eigenvalue weighted by molar-refractivity contribution is 9.10. The molecule has 0 unspecified atom stereocenters. The van der Waals surface area contributed by atoms with E-state index in [0.717, 1.165) is 17.3 Å². The zero-order valence-corrected chi connectivity index (χ0v) is 14.2. The van der Waals surface area contributed by atoms with Gasteiger partial charge >= 0.3 is 0 Å². The largest absolute Gasteiger partial charge is 0.484 e. The number of hydrogen-bond donors (Lipinski definition) is 1. The first-order chi connectivity index (χ1) is 10.6. The van der Waals surface area contributed by atoms with E-state index in [0.29, 0.717) is 12.3 Å². The highest BCUT2D eigenvalue weighted by atomic mass is 79.9. The van der Waals surface area contributed by atoms with Crippen molar-refractivity contribution in [3.8, 4) is 5.75 Å². The van der Waals surface area contributed by atoms with Gasteiger partial charge < -0.3 is 10.1 Å². The van der Waals surface area contributed by atoms with Gasteiger partial charge in [-0.25, -0.2) is 0 Å². The van der Waals surface area contributed by atoms with Crippen LogP contribution in [0, 0.1) is 6.92 Å². The van der Waals surface area contributed by atoms with Crippen LogP contribution in [0.4, 0.5) is 0 Å². The number of rotatable bonds is 7. The fourth-order valence-corrected chi connectivity index (χ4v) is 2.38. The smallest absolute Gasteiger partial charge is 0.257 e. The quantitative estimate of drug-likeness (QED) is 0.759. The molecule has 0 radical (unpaired) electrons. The second-order valence-electron chi connectivity index (χ2n) is 5.19. The number of benzene rings is 2. The molecule has 2 aromatic carbocycles. The van der Waals surface area contributed by atoms with Gasteiger partial charge in [-0.1, -0.05) is 45.8 Å². The van der Waals surface area contributed by atoms with Crippen LogP contribution in [-0.4, -0.2) is 19.1 Å². The molecule has 0 atom stereocenters. The lowest BCUT2D eigenvalue weighted by molar-refractivity contribution is -0.123. The Morgan fingerprint density at radius 2 is 1.95 bits per heavy atom. The highest BCUT2D eigenvalue weighted by Gasteiger charge is 2.02. The SMILES string of the molecule is Cc1cccc(CCCNC(=O)COc2ccc(Br)cc2)c1. The first-order valence-electron chi connectivity index (χ1n) is 7.34. The third-order valence-corrected chi connectivity index (χ3v) is 3.76. The minimum Gasteiger partial charge on any atom is -0.484 e. The second kappa shape index (κ2) is 8.59. The van der Waals surface area contributed by atoms with E-state index >= 15 is 0 Å². The summed E-state index contributed by atoms with van der Waals surface area (Å²) >= 11 is 3.36. The fourth-order valence-electron chi connectivity index (χ4n) is 2.12. The normalized spacial score (nSPS) is 10.3. The minimum absolute atomic E-state index is 0.0477. The number of nitrogens with one attached hydrogen (secondary N) is 1. The third-order valence-electron chi connectivity index (χ3n) is 3.23. The van der Waals surface area contributed by atoms with Crippen molar-refractivity contribution >= 4 is 21.8 Å². The van der Waals surface area contributed by atoms with Crippen molar-refractivity contribution in [2.45, 2.75) is 19.8 Å². The van der Waals surface area contributed by atoms with Gasteiger partial charge in [0.1, 0.15) is 5.75 Å². The van der Waals surface area contributed by atoms with Gasteiger partial charge in [0.2, 0.25) is 0 Å². The van der Waals surface area contributed by atoms with Gasteiger partial charge in [-0.3, -0.25) is 4.79 Å². The molecule has 1 amide bonds. The van der Waals surface area contributed by atoms with E-state index in [-0.39, 0.29) is 12.5 Å². The summed E-state index contributed by atoms with van der Waals surface area (Å²) in [5, 5.41) is 2.88. The predicted octanol–water partition coefficient (Wildman–Crippen LogP) is 3.89. The summed E-state index contributed by atoms with van der Waals surface area (Å²) in [4.78, 5) is 11.7. The van der Waals surface area contributed by atoms with Gasteiger partial charge in [0.25, 0.3) is 5.91 Å². The molecule has 0 saturated heterocycles. The Kier molecular flexibility index (Phi) is 6.46. The maximum absolute atomic E-state index is 11.7. The summed E-state index contributed by atoms with van der Waals surface area (Å²) in [6.07, 6.45) is 1.89. The topological polar surface area (TPSA) is 38.3 Å². The van der Waals surface area contributed by atoms with E-state index in [9.17, 15) is 4.79 Å². The lowest BCUT2D eigenvalue weighted by atomic mass is 10.1. The van der Waals surface area contributed by atoms with Gasteiger partial charge in [0.05, 0.1) is 0 Å². The summed E-state index contributed by atoms with van der Waals surface area (Å²) in [6.45, 7) is 2.80. The van der Waals surface area contributed by atoms with E-state index < -0.39 is 0 Å². The third kappa shape index (κ3) is 5.90. The number of carbonyl (C=O) groups excluding carboxylic acids is 1. The van der Waals surface area contributed by atoms with E-state index in [1.165, 1.54) is 11.1 Å². The number of hydrogen-bond acceptors (Lipinski definition) is 2. The number of ether oxygens (including phenoxy) is 1. The number of amides is 1. The molecule has 0 spiro atoms. The second-order valence-corrected chi connectivity index (χ2v) is 6.10. The fraction of sp³-hybridized carbons (Fsp3) is 0.278. The summed E-state index contributed by atoms with van der Waals surface area (Å²) in [5.74, 6) is 0.602. The molecule has 0 heterocycles. The molecular weight excluding hydrogens is 342 g/mol. The molecule has 0 aliphatic heterocycles. The Bertz CT molecular complexity index is 611. The standard InChI is InChI=1S/C18H20BrNO2/c1-14-4-2-5-15(12-14)6-3-11-20-18(21)13-22-17-9-7-16(19)8-10-17/h2,4-5,7-10,12H,3,6,11,13H2,1H3,(H,20,21). The maximum Gasteiger partial charge on any atom is 0.257 e. The zero-order valence-electron chi connectivity index (χ0n) is 12.6. The molecular formula is C18H20BrNO2. The van der Waals surface area contributed by atoms with Crippen molar-refractivity contribution in [2.24, 2.45) is 0 Å². The first-order valence-corrected chi connectivity index (χ1v) is 8.13. The van der Waals surface area contributed by atoms with Crippen molar-refractivity contribution in [2.75, 3.05) is 13.2 Å². The van der Waals surface area contributed by atoms with Gasteiger partial charge in [0.15, 0.2) is 6.61 Å². The Morgan fingerprint density at radius 1 is 1.18 bits per heavy atom. The van der Waals surface area contributed by atoms with Crippen molar-refractivity contribution < 1.29 is 9.53 Å². The molecule has 2 aromatic rings. The van der Waals surface area contributed by atoms with Gasteiger partial charge in [-0.15, -0.1) is 0 Å². The van der Waals surface area contributed by atoms with E-state index in [4.69, 9.17) is 4.74 Å². The van der Waals surface area contributed by atoms with Crippen LogP contribution in [0.3, 0.4) is 0 Å². The molecule has 2 rings (SSSR count). The van der Waals surface area contributed by atoms with Crippen LogP contribution < -0.4 is 10.1 Å². The lowest BCUT2D eigenvalue weighted by Gasteiger charge is -2.08. The molecule has 0 aliphatic rings. The van der Waals surface area contributed by atoms with Crippen molar-refractivity contribution in [1.82, 2.24) is 5.32 Å². The average Bonchev–Trinajstić information content (AvgIpc) is 2.51. The number of halogens is 1. The number of aryl methyl sites for hydroxylation is 2. The predicted molar refractivity (Wildman–Crippen MR) is 92.1 cm³/mol. The van der Waals surface area contributed by atoms with Crippen LogP contribution in [0.5, 0.6) is 5.75 Å². The van der Waals surface area contributed by atoms with Crippen molar-refractivity contribution in [3.63, 3.8) is 0 Å². The van der Waals surface area contributed by atoms with Crippen LogP contribution in [0.1, 0.15) is 17.5 Å². The molecule has 0 fully saturated rings. The minimum atomic E-state index is -0.0906. The van der Waals surface area contributed by atoms with Gasteiger partial charge in [-0.05, 0) is 49.6 Å². The lowest BCUT2D eigenvalue weighted by Crippen LogP contribution is -2.29. The molecule has 3 nitrogen and oxygen atoms in total. The van der Waals surface area contributed by atoms with Crippen LogP contribution in [0.15, 0.2) is 53.0 Å². The summed E-state index contributed by atoms with van der Waals surface area (Å²) < 4.78 is 6.41. The molecule has 116 valence electrons. The Hall–Kier alpha value is -1.81. The Morgan fingerprint density at radius 3 is 2.68 bits per heavy atom. The summed E-state index contributed by atoms with van der Waals surface area (Å²) in [6, 6.07) is 15.9.